The minimum Gasteiger partial charge on any atom is -0.508 e. The van der Waals surface area contributed by atoms with Crippen molar-refractivity contribution in [2.45, 2.75) is 13.3 Å². The number of amides is 1. The Morgan fingerprint density at radius 3 is 2.50 bits per heavy atom. The molecular formula is C16H15BrN2O3. The van der Waals surface area contributed by atoms with E-state index >= 15 is 0 Å². The van der Waals surface area contributed by atoms with Gasteiger partial charge in [0.1, 0.15) is 11.5 Å². The summed E-state index contributed by atoms with van der Waals surface area (Å²) in [5.74, 6) is -0.378. The largest absolute Gasteiger partial charge is 0.508 e. The van der Waals surface area contributed by atoms with E-state index in [2.05, 4.69) is 26.5 Å². The number of aromatic hydroxyl groups is 2. The van der Waals surface area contributed by atoms with Crippen molar-refractivity contribution in [2.75, 3.05) is 0 Å². The number of halogens is 1. The van der Waals surface area contributed by atoms with E-state index < -0.39 is 0 Å². The Balaban J connectivity index is 2.00. The van der Waals surface area contributed by atoms with Crippen LogP contribution in [-0.4, -0.2) is 21.8 Å². The molecule has 2 aromatic rings. The molecule has 0 saturated heterocycles. The van der Waals surface area contributed by atoms with E-state index in [1.54, 1.807) is 6.92 Å². The van der Waals surface area contributed by atoms with Gasteiger partial charge >= 0.3 is 0 Å². The quantitative estimate of drug-likeness (QED) is 0.577. The molecular weight excluding hydrogens is 348 g/mol. The summed E-state index contributed by atoms with van der Waals surface area (Å²) >= 11 is 3.34. The Hall–Kier alpha value is -2.34. The molecule has 22 heavy (non-hydrogen) atoms. The molecule has 0 aliphatic carbocycles. The summed E-state index contributed by atoms with van der Waals surface area (Å²) in [5.41, 5.74) is 4.22. The topological polar surface area (TPSA) is 81.9 Å². The minimum absolute atomic E-state index is 0.0340. The maximum atomic E-state index is 11.8. The van der Waals surface area contributed by atoms with Crippen LogP contribution in [0.4, 0.5) is 0 Å². The molecule has 0 aliphatic rings. The van der Waals surface area contributed by atoms with E-state index in [0.29, 0.717) is 11.3 Å². The molecule has 5 nitrogen and oxygen atoms in total. The Labute approximate surface area is 136 Å². The summed E-state index contributed by atoms with van der Waals surface area (Å²) in [4.78, 5) is 11.8. The van der Waals surface area contributed by atoms with Gasteiger partial charge < -0.3 is 10.2 Å². The number of nitrogens with zero attached hydrogens (tertiary/aromatic N) is 1. The summed E-state index contributed by atoms with van der Waals surface area (Å²) in [6.45, 7) is 1.66. The zero-order chi connectivity index (χ0) is 16.1. The third kappa shape index (κ3) is 4.33. The molecule has 0 atom stereocenters. The van der Waals surface area contributed by atoms with Crippen LogP contribution < -0.4 is 5.43 Å². The normalized spacial score (nSPS) is 11.3. The molecule has 3 N–H and O–H groups in total. The second-order valence-corrected chi connectivity index (χ2v) is 5.65. The first-order valence-electron chi connectivity index (χ1n) is 6.55. The molecule has 0 aliphatic heterocycles. The monoisotopic (exact) mass is 362 g/mol. The first kappa shape index (κ1) is 16.0. The van der Waals surface area contributed by atoms with Crippen LogP contribution in [0.25, 0.3) is 0 Å². The van der Waals surface area contributed by atoms with E-state index in [0.717, 1.165) is 10.0 Å². The van der Waals surface area contributed by atoms with Crippen molar-refractivity contribution in [2.24, 2.45) is 5.10 Å². The first-order valence-corrected chi connectivity index (χ1v) is 7.35. The number of carbonyl (C=O) groups excluding carboxylic acids is 1. The highest BCUT2D eigenvalue weighted by atomic mass is 79.9. The zero-order valence-corrected chi connectivity index (χ0v) is 13.5. The van der Waals surface area contributed by atoms with Crippen LogP contribution in [0, 0.1) is 0 Å². The van der Waals surface area contributed by atoms with E-state index in [4.69, 9.17) is 0 Å². The lowest BCUT2D eigenvalue weighted by atomic mass is 10.1. The van der Waals surface area contributed by atoms with Crippen LogP contribution >= 0.6 is 15.9 Å². The number of hydrogen-bond acceptors (Lipinski definition) is 4. The molecule has 0 fully saturated rings. The second kappa shape index (κ2) is 7.09. The van der Waals surface area contributed by atoms with Gasteiger partial charge in [0.25, 0.3) is 0 Å². The van der Waals surface area contributed by atoms with Crippen molar-refractivity contribution in [1.82, 2.24) is 5.43 Å². The van der Waals surface area contributed by atoms with Crippen LogP contribution in [0.5, 0.6) is 11.5 Å². The van der Waals surface area contributed by atoms with Crippen molar-refractivity contribution < 1.29 is 15.0 Å². The number of rotatable bonds is 4. The Morgan fingerprint density at radius 2 is 1.86 bits per heavy atom. The maximum Gasteiger partial charge on any atom is 0.244 e. The Kier molecular flexibility index (Phi) is 5.16. The number of carbonyl (C=O) groups is 1. The minimum atomic E-state index is -0.250. The van der Waals surface area contributed by atoms with Gasteiger partial charge in [-0.25, -0.2) is 5.43 Å². The van der Waals surface area contributed by atoms with Gasteiger partial charge in [0, 0.05) is 16.1 Å². The van der Waals surface area contributed by atoms with E-state index in [9.17, 15) is 15.0 Å². The van der Waals surface area contributed by atoms with E-state index in [-0.39, 0.29) is 23.8 Å². The van der Waals surface area contributed by atoms with Crippen molar-refractivity contribution >= 4 is 27.5 Å². The van der Waals surface area contributed by atoms with Gasteiger partial charge in [0.15, 0.2) is 0 Å². The summed E-state index contributed by atoms with van der Waals surface area (Å²) in [7, 11) is 0. The van der Waals surface area contributed by atoms with Gasteiger partial charge in [0.05, 0.1) is 12.1 Å². The van der Waals surface area contributed by atoms with E-state index in [1.807, 2.05) is 24.3 Å². The molecule has 2 aromatic carbocycles. The predicted molar refractivity (Wildman–Crippen MR) is 88.0 cm³/mol. The van der Waals surface area contributed by atoms with Crippen LogP contribution in [0.2, 0.25) is 0 Å². The Morgan fingerprint density at radius 1 is 1.18 bits per heavy atom. The maximum absolute atomic E-state index is 11.8. The molecule has 2 rings (SSSR count). The van der Waals surface area contributed by atoms with Crippen molar-refractivity contribution in [3.63, 3.8) is 0 Å². The van der Waals surface area contributed by atoms with Gasteiger partial charge in [-0.3, -0.25) is 4.79 Å². The molecule has 0 unspecified atom stereocenters. The molecule has 0 bridgehead atoms. The number of hydrazone groups is 1. The third-order valence-electron chi connectivity index (χ3n) is 3.00. The fraction of sp³-hybridized carbons (Fsp3) is 0.125. The third-order valence-corrected chi connectivity index (χ3v) is 3.53. The molecule has 0 aromatic heterocycles. The van der Waals surface area contributed by atoms with Crippen LogP contribution in [0.15, 0.2) is 52.0 Å². The van der Waals surface area contributed by atoms with Gasteiger partial charge in [-0.15, -0.1) is 0 Å². The highest BCUT2D eigenvalue weighted by Gasteiger charge is 2.07. The number of benzene rings is 2. The fourth-order valence-electron chi connectivity index (χ4n) is 1.86. The van der Waals surface area contributed by atoms with Crippen LogP contribution in [0.1, 0.15) is 18.1 Å². The summed E-state index contributed by atoms with van der Waals surface area (Å²) in [6, 6.07) is 11.6. The highest BCUT2D eigenvalue weighted by Crippen LogP contribution is 2.22. The van der Waals surface area contributed by atoms with Gasteiger partial charge in [-0.05, 0) is 36.8 Å². The highest BCUT2D eigenvalue weighted by molar-refractivity contribution is 9.10. The predicted octanol–water partition coefficient (Wildman–Crippen LogP) is 2.94. The molecule has 114 valence electrons. The standard InChI is InChI=1S/C16H15BrN2O3/c1-10(14-7-6-13(20)9-15(14)21)18-19-16(22)8-11-2-4-12(17)5-3-11/h2-7,9,20-21H,8H2,1H3,(H,19,22)/b18-10-. The molecule has 0 radical (unpaired) electrons. The lowest BCUT2D eigenvalue weighted by Gasteiger charge is -2.06. The Bertz CT molecular complexity index is 712. The van der Waals surface area contributed by atoms with Crippen molar-refractivity contribution in [3.8, 4) is 11.5 Å². The smallest absolute Gasteiger partial charge is 0.244 e. The summed E-state index contributed by atoms with van der Waals surface area (Å²) in [5, 5.41) is 22.9. The average Bonchev–Trinajstić information content (AvgIpc) is 2.47. The lowest BCUT2D eigenvalue weighted by molar-refractivity contribution is -0.120. The average molecular weight is 363 g/mol. The number of phenols is 2. The van der Waals surface area contributed by atoms with Gasteiger partial charge in [-0.1, -0.05) is 28.1 Å². The van der Waals surface area contributed by atoms with Gasteiger partial charge in [-0.2, -0.15) is 5.10 Å². The SMILES string of the molecule is C/C(=N/NC(=O)Cc1ccc(Br)cc1)c1ccc(O)cc1O. The van der Waals surface area contributed by atoms with Gasteiger partial charge in [0.2, 0.25) is 5.91 Å². The van der Waals surface area contributed by atoms with E-state index in [1.165, 1.54) is 18.2 Å². The van der Waals surface area contributed by atoms with Crippen LogP contribution in [0.3, 0.4) is 0 Å². The molecule has 1 amide bonds. The number of phenolic OH excluding ortho intramolecular Hbond substituents is 2. The number of hydrogen-bond donors (Lipinski definition) is 3. The zero-order valence-electron chi connectivity index (χ0n) is 11.9. The molecule has 0 saturated carbocycles. The van der Waals surface area contributed by atoms with Crippen molar-refractivity contribution in [1.29, 1.82) is 0 Å². The number of nitrogens with one attached hydrogen (secondary N) is 1. The first-order chi connectivity index (χ1) is 10.5. The lowest BCUT2D eigenvalue weighted by Crippen LogP contribution is -2.21. The molecule has 6 heteroatoms. The second-order valence-electron chi connectivity index (χ2n) is 4.74. The molecule has 0 spiro atoms. The summed E-state index contributed by atoms with van der Waals surface area (Å²) in [6.07, 6.45) is 0.214. The van der Waals surface area contributed by atoms with Crippen molar-refractivity contribution in [3.05, 3.63) is 58.1 Å². The fourth-order valence-corrected chi connectivity index (χ4v) is 2.12. The van der Waals surface area contributed by atoms with Crippen LogP contribution in [-0.2, 0) is 11.2 Å². The summed E-state index contributed by atoms with van der Waals surface area (Å²) < 4.78 is 0.952. The molecule has 0 heterocycles.